The van der Waals surface area contributed by atoms with E-state index in [0.717, 1.165) is 13.0 Å². The molecule has 0 aliphatic rings. The maximum absolute atomic E-state index is 10.2. The first-order valence-electron chi connectivity index (χ1n) is 7.20. The molecule has 0 spiro atoms. The van der Waals surface area contributed by atoms with Gasteiger partial charge in [-0.3, -0.25) is 4.79 Å². The number of carboxylic acids is 1. The van der Waals surface area contributed by atoms with Crippen molar-refractivity contribution in [3.63, 3.8) is 0 Å². The van der Waals surface area contributed by atoms with Crippen LogP contribution in [-0.2, 0) is 4.79 Å². The topological polar surface area (TPSA) is 49.3 Å². The molecule has 0 amide bonds. The van der Waals surface area contributed by atoms with Gasteiger partial charge in [-0.2, -0.15) is 0 Å². The first-order chi connectivity index (χ1) is 8.27. The van der Waals surface area contributed by atoms with Crippen LogP contribution >= 0.6 is 0 Å². The van der Waals surface area contributed by atoms with E-state index in [1.54, 1.807) is 0 Å². The molecule has 0 aromatic heterocycles. The molecule has 0 unspecified atom stereocenters. The van der Waals surface area contributed by atoms with E-state index in [0.29, 0.717) is 0 Å². The maximum Gasteiger partial charge on any atom is 0.317 e. The van der Waals surface area contributed by atoms with Crippen molar-refractivity contribution in [2.45, 2.75) is 71.1 Å². The van der Waals surface area contributed by atoms with Crippen LogP contribution in [0.2, 0.25) is 0 Å². The summed E-state index contributed by atoms with van der Waals surface area (Å²) in [5, 5.41) is 11.3. The Balaban J connectivity index is 0. The third-order valence-corrected chi connectivity index (χ3v) is 2.98. The van der Waals surface area contributed by atoms with E-state index in [1.807, 2.05) is 0 Å². The maximum atomic E-state index is 10.2. The molecule has 0 saturated heterocycles. The van der Waals surface area contributed by atoms with Crippen molar-refractivity contribution in [1.29, 1.82) is 0 Å². The first kappa shape index (κ1) is 20.7. The Morgan fingerprint density at radius 3 is 1.78 bits per heavy atom. The zero-order chi connectivity index (χ0) is 12.8. The van der Waals surface area contributed by atoms with Gasteiger partial charge in [0.1, 0.15) is 0 Å². The van der Waals surface area contributed by atoms with Crippen molar-refractivity contribution in [1.82, 2.24) is 5.32 Å². The van der Waals surface area contributed by atoms with Crippen LogP contribution in [0.5, 0.6) is 0 Å². The van der Waals surface area contributed by atoms with Gasteiger partial charge in [0.2, 0.25) is 0 Å². The number of rotatable bonds is 13. The van der Waals surface area contributed by atoms with Gasteiger partial charge >= 0.3 is 5.97 Å². The molecular formula is C14H29NNaO2. The second-order valence-corrected chi connectivity index (χ2v) is 4.75. The minimum absolute atomic E-state index is 0. The first-order valence-corrected chi connectivity index (χ1v) is 7.20. The van der Waals surface area contributed by atoms with Crippen molar-refractivity contribution in [2.75, 3.05) is 13.1 Å². The van der Waals surface area contributed by atoms with Crippen LogP contribution in [0.3, 0.4) is 0 Å². The van der Waals surface area contributed by atoms with E-state index in [4.69, 9.17) is 5.11 Å². The summed E-state index contributed by atoms with van der Waals surface area (Å²) in [7, 11) is 0. The Morgan fingerprint density at radius 2 is 1.33 bits per heavy atom. The molecule has 0 atom stereocenters. The third kappa shape index (κ3) is 18.8. The molecule has 1 radical (unpaired) electrons. The van der Waals surface area contributed by atoms with Gasteiger partial charge in [0.15, 0.2) is 0 Å². The minimum atomic E-state index is -0.767. The van der Waals surface area contributed by atoms with Crippen LogP contribution in [0.1, 0.15) is 71.1 Å². The molecule has 18 heavy (non-hydrogen) atoms. The van der Waals surface area contributed by atoms with Crippen molar-refractivity contribution in [3.05, 3.63) is 0 Å². The average Bonchev–Trinajstić information content (AvgIpc) is 2.30. The molecule has 0 aromatic rings. The number of hydrogen-bond acceptors (Lipinski definition) is 2. The van der Waals surface area contributed by atoms with E-state index < -0.39 is 5.97 Å². The van der Waals surface area contributed by atoms with Gasteiger partial charge in [0.25, 0.3) is 0 Å². The minimum Gasteiger partial charge on any atom is -0.480 e. The monoisotopic (exact) mass is 266 g/mol. The smallest absolute Gasteiger partial charge is 0.317 e. The molecule has 0 aliphatic heterocycles. The summed E-state index contributed by atoms with van der Waals surface area (Å²) < 4.78 is 0. The van der Waals surface area contributed by atoms with Gasteiger partial charge in [-0.05, 0) is 13.0 Å². The van der Waals surface area contributed by atoms with Gasteiger partial charge < -0.3 is 10.4 Å². The zero-order valence-electron chi connectivity index (χ0n) is 12.3. The third-order valence-electron chi connectivity index (χ3n) is 2.98. The Morgan fingerprint density at radius 1 is 0.889 bits per heavy atom. The molecule has 0 aliphatic carbocycles. The Bertz CT molecular complexity index is 177. The van der Waals surface area contributed by atoms with Gasteiger partial charge in [-0.15, -0.1) is 0 Å². The summed E-state index contributed by atoms with van der Waals surface area (Å²) in [6, 6.07) is 0. The van der Waals surface area contributed by atoms with E-state index >= 15 is 0 Å². The number of carboxylic acid groups (broad SMARTS) is 1. The number of carbonyl (C=O) groups is 1. The largest absolute Gasteiger partial charge is 0.480 e. The molecule has 0 bridgehead atoms. The fourth-order valence-corrected chi connectivity index (χ4v) is 1.93. The van der Waals surface area contributed by atoms with Crippen LogP contribution in [-0.4, -0.2) is 53.7 Å². The summed E-state index contributed by atoms with van der Waals surface area (Å²) in [4.78, 5) is 10.2. The number of unbranched alkanes of at least 4 members (excludes halogenated alkanes) is 9. The second-order valence-electron chi connectivity index (χ2n) is 4.75. The van der Waals surface area contributed by atoms with Crippen LogP contribution in [0, 0.1) is 0 Å². The van der Waals surface area contributed by atoms with Crippen molar-refractivity contribution < 1.29 is 9.90 Å². The van der Waals surface area contributed by atoms with Gasteiger partial charge in [0.05, 0.1) is 6.54 Å². The zero-order valence-corrected chi connectivity index (χ0v) is 14.3. The average molecular weight is 266 g/mol. The summed E-state index contributed by atoms with van der Waals surface area (Å²) >= 11 is 0. The molecule has 0 aromatic carbocycles. The Labute approximate surface area is 134 Å². The molecule has 0 heterocycles. The van der Waals surface area contributed by atoms with E-state index in [-0.39, 0.29) is 36.1 Å². The number of hydrogen-bond donors (Lipinski definition) is 2. The fraction of sp³-hybridized carbons (Fsp3) is 0.929. The predicted molar refractivity (Wildman–Crippen MR) is 78.1 cm³/mol. The quantitative estimate of drug-likeness (QED) is 0.397. The molecule has 0 rings (SSSR count). The molecule has 2 N–H and O–H groups in total. The Kier molecular flexibility index (Phi) is 20.1. The molecule has 4 heteroatoms. The summed E-state index contributed by atoms with van der Waals surface area (Å²) in [6.07, 6.45) is 13.2. The van der Waals surface area contributed by atoms with Crippen LogP contribution in [0.25, 0.3) is 0 Å². The molecular weight excluding hydrogens is 237 g/mol. The predicted octanol–water partition coefficient (Wildman–Crippen LogP) is 3.20. The number of aliphatic carboxylic acids is 1. The van der Waals surface area contributed by atoms with Crippen molar-refractivity contribution in [2.24, 2.45) is 0 Å². The van der Waals surface area contributed by atoms with Crippen molar-refractivity contribution in [3.8, 4) is 0 Å². The Hall–Kier alpha value is 0.430. The van der Waals surface area contributed by atoms with Gasteiger partial charge in [-0.1, -0.05) is 64.7 Å². The van der Waals surface area contributed by atoms with E-state index in [2.05, 4.69) is 12.2 Å². The van der Waals surface area contributed by atoms with Crippen molar-refractivity contribution >= 4 is 35.5 Å². The molecule has 0 fully saturated rings. The standard InChI is InChI=1S/C14H29NO2.Na/c1-2-3-4-5-6-7-8-9-10-11-12-15-13-14(16)17;/h15H,2-13H2,1H3,(H,16,17);. The van der Waals surface area contributed by atoms with Crippen LogP contribution < -0.4 is 5.32 Å². The second kappa shape index (κ2) is 17.4. The van der Waals surface area contributed by atoms with E-state index in [1.165, 1.54) is 57.8 Å². The van der Waals surface area contributed by atoms with E-state index in [9.17, 15) is 4.79 Å². The fourth-order valence-electron chi connectivity index (χ4n) is 1.93. The van der Waals surface area contributed by atoms with Gasteiger partial charge in [-0.25, -0.2) is 0 Å². The summed E-state index contributed by atoms with van der Waals surface area (Å²) in [5.74, 6) is -0.767. The molecule has 3 nitrogen and oxygen atoms in total. The van der Waals surface area contributed by atoms with Gasteiger partial charge in [0, 0.05) is 29.6 Å². The van der Waals surface area contributed by atoms with Crippen LogP contribution in [0.4, 0.5) is 0 Å². The summed E-state index contributed by atoms with van der Waals surface area (Å²) in [5.41, 5.74) is 0. The van der Waals surface area contributed by atoms with Crippen LogP contribution in [0.15, 0.2) is 0 Å². The normalized spacial score (nSPS) is 10.1. The number of nitrogens with one attached hydrogen (secondary N) is 1. The SMILES string of the molecule is CCCCCCCCCCCCNCC(=O)O.[Na]. The summed E-state index contributed by atoms with van der Waals surface area (Å²) in [6.45, 7) is 3.18. The molecule has 0 saturated carbocycles. The molecule has 103 valence electrons.